The molecule has 0 aromatic rings. The molecule has 0 bridgehead atoms. The maximum atomic E-state index is 8.87. The Morgan fingerprint density at radius 1 is 0.733 bits per heavy atom. The Morgan fingerprint density at radius 2 is 1.17 bits per heavy atom. The topological polar surface area (TPSA) is 91.0 Å². The molecule has 3 unspecified atom stereocenters. The molecule has 0 heterocycles. The average molecular weight is 501 g/mol. The summed E-state index contributed by atoms with van der Waals surface area (Å²) in [6.45, 7) is 16.9. The zero-order valence-corrected chi connectivity index (χ0v) is 22.7. The fourth-order valence-corrected chi connectivity index (χ4v) is 8.74. The first-order chi connectivity index (χ1) is 14.1. The smallest absolute Gasteiger partial charge is 0.321 e. The summed E-state index contributed by atoms with van der Waals surface area (Å²) in [6, 6.07) is 4.79. The molecule has 0 fully saturated rings. The van der Waals surface area contributed by atoms with E-state index in [4.69, 9.17) is 39.4 Å². The molecule has 0 saturated heterocycles. The lowest BCUT2D eigenvalue weighted by Crippen LogP contribution is -2.33. The van der Waals surface area contributed by atoms with Gasteiger partial charge in [0.15, 0.2) is 0 Å². The molecule has 8 nitrogen and oxygen atoms in total. The van der Waals surface area contributed by atoms with Gasteiger partial charge < -0.3 is 9.05 Å². The highest BCUT2D eigenvalue weighted by Gasteiger charge is 2.35. The van der Waals surface area contributed by atoms with E-state index >= 15 is 0 Å². The second-order valence-electron chi connectivity index (χ2n) is 7.47. The van der Waals surface area contributed by atoms with Crippen molar-refractivity contribution in [2.75, 3.05) is 13.2 Å². The maximum absolute atomic E-state index is 8.87. The van der Waals surface area contributed by atoms with Crippen molar-refractivity contribution in [3.8, 4) is 12.1 Å². The first kappa shape index (κ1) is 30.3. The van der Waals surface area contributed by atoms with E-state index in [2.05, 4.69) is 76.9 Å². The molecular formula is C18H36ClN4O4P3. The fraction of sp³-hybridized carbons (Fsp3) is 0.889. The highest BCUT2D eigenvalue weighted by Crippen LogP contribution is 2.66. The number of halogens is 1. The molecule has 0 saturated carbocycles. The van der Waals surface area contributed by atoms with Crippen molar-refractivity contribution in [1.29, 1.82) is 10.5 Å². The van der Waals surface area contributed by atoms with Crippen molar-refractivity contribution in [3.63, 3.8) is 0 Å². The molecule has 0 aliphatic rings. The van der Waals surface area contributed by atoms with Crippen molar-refractivity contribution in [2.45, 2.75) is 92.4 Å². The normalized spacial score (nSPS) is 15.2. The fourth-order valence-electron chi connectivity index (χ4n) is 2.62. The van der Waals surface area contributed by atoms with Crippen molar-refractivity contribution in [3.05, 3.63) is 0 Å². The predicted octanol–water partition coefficient (Wildman–Crippen LogP) is 7.04. The third kappa shape index (κ3) is 11.8. The third-order valence-electron chi connectivity index (χ3n) is 3.58. The molecule has 0 aromatic carbocycles. The third-order valence-corrected chi connectivity index (χ3v) is 10.2. The van der Waals surface area contributed by atoms with Gasteiger partial charge in [-0.25, -0.2) is 13.7 Å². The number of nitrogens with zero attached hydrogens (tertiary/aromatic N) is 4. The summed E-state index contributed by atoms with van der Waals surface area (Å²) >= 11 is 6.63. The second-order valence-corrected chi connectivity index (χ2v) is 12.5. The van der Waals surface area contributed by atoms with Crippen LogP contribution in [0.2, 0.25) is 0 Å². The summed E-state index contributed by atoms with van der Waals surface area (Å²) in [5, 5.41) is 17.7. The summed E-state index contributed by atoms with van der Waals surface area (Å²) in [6.07, 6.45) is 0.478. The van der Waals surface area contributed by atoms with Crippen LogP contribution >= 0.6 is 36.0 Å². The van der Waals surface area contributed by atoms with Crippen LogP contribution in [0.25, 0.3) is 0 Å². The molecule has 0 rings (SSSR count). The van der Waals surface area contributed by atoms with E-state index in [9.17, 15) is 0 Å². The Labute approximate surface area is 191 Å². The molecule has 0 aliphatic carbocycles. The largest absolute Gasteiger partial charge is 0.344 e. The molecular weight excluding hydrogens is 465 g/mol. The van der Waals surface area contributed by atoms with Gasteiger partial charge in [0.1, 0.15) is 0 Å². The van der Waals surface area contributed by atoms with Gasteiger partial charge in [0.2, 0.25) is 7.65 Å². The van der Waals surface area contributed by atoms with E-state index < -0.39 is 24.8 Å². The summed E-state index contributed by atoms with van der Waals surface area (Å²) in [7, 11) is -4.89. The Bertz CT molecular complexity index is 531. The maximum Gasteiger partial charge on any atom is 0.344 e. The van der Waals surface area contributed by atoms with E-state index in [1.54, 1.807) is 0 Å². The first-order valence-corrected chi connectivity index (χ1v) is 14.4. The predicted molar refractivity (Wildman–Crippen MR) is 125 cm³/mol. The Hall–Kier alpha value is 0.320. The van der Waals surface area contributed by atoms with Crippen LogP contribution in [-0.4, -0.2) is 46.7 Å². The van der Waals surface area contributed by atoms with E-state index in [-0.39, 0.29) is 50.2 Å². The van der Waals surface area contributed by atoms with Gasteiger partial charge in [0, 0.05) is 24.2 Å². The van der Waals surface area contributed by atoms with Crippen LogP contribution < -0.4 is 0 Å². The van der Waals surface area contributed by atoms with Crippen LogP contribution in [-0.2, 0) is 17.7 Å². The number of nitriles is 2. The Balaban J connectivity index is 5.54. The molecule has 0 aromatic heterocycles. The monoisotopic (exact) mass is 500 g/mol. The number of hydrogen-bond acceptors (Lipinski definition) is 8. The van der Waals surface area contributed by atoms with Gasteiger partial charge in [-0.1, -0.05) is 0 Å². The van der Waals surface area contributed by atoms with Crippen LogP contribution in [0, 0.1) is 22.7 Å². The lowest BCUT2D eigenvalue weighted by molar-refractivity contribution is 0.201. The molecule has 0 aliphatic heterocycles. The Morgan fingerprint density at radius 3 is 1.57 bits per heavy atom. The summed E-state index contributed by atoms with van der Waals surface area (Å²) in [5.74, 6) is 0. The van der Waals surface area contributed by atoms with Gasteiger partial charge in [-0.2, -0.15) is 10.5 Å². The van der Waals surface area contributed by atoms with Gasteiger partial charge in [-0.05, 0) is 66.6 Å². The van der Waals surface area contributed by atoms with Crippen LogP contribution in [0.15, 0.2) is 0 Å². The number of rotatable bonds is 16. The SMILES string of the molecule is CC(C)N(C(C)C)P(Cl)OP(OCCC#N)OP(OCCC#N)N(C(C)C)C(C)C. The quantitative estimate of drug-likeness (QED) is 0.165. The highest BCUT2D eigenvalue weighted by molar-refractivity contribution is 7.82. The Kier molecular flexibility index (Phi) is 17.1. The van der Waals surface area contributed by atoms with Crippen molar-refractivity contribution < 1.29 is 17.7 Å². The van der Waals surface area contributed by atoms with E-state index in [0.717, 1.165) is 0 Å². The van der Waals surface area contributed by atoms with Crippen LogP contribution in [0.1, 0.15) is 68.2 Å². The zero-order chi connectivity index (χ0) is 23.3. The second kappa shape index (κ2) is 16.9. The average Bonchev–Trinajstić information content (AvgIpc) is 2.60. The van der Waals surface area contributed by atoms with Crippen molar-refractivity contribution >= 4 is 36.0 Å². The first-order valence-electron chi connectivity index (χ1n) is 10.0. The zero-order valence-electron chi connectivity index (χ0n) is 19.3. The molecule has 3 atom stereocenters. The molecule has 0 radical (unpaired) electrons. The lowest BCUT2D eigenvalue weighted by atomic mass is 10.3. The summed E-state index contributed by atoms with van der Waals surface area (Å²) < 4.78 is 28.1. The van der Waals surface area contributed by atoms with Crippen molar-refractivity contribution in [2.24, 2.45) is 0 Å². The van der Waals surface area contributed by atoms with Gasteiger partial charge in [0.25, 0.3) is 8.53 Å². The van der Waals surface area contributed by atoms with Crippen LogP contribution in [0.4, 0.5) is 0 Å². The molecule has 12 heteroatoms. The summed E-state index contributed by atoms with van der Waals surface area (Å²) in [4.78, 5) is 0. The molecule has 0 N–H and O–H groups in total. The number of hydrogen-bond donors (Lipinski definition) is 0. The van der Waals surface area contributed by atoms with Gasteiger partial charge in [0.05, 0.1) is 38.2 Å². The summed E-state index contributed by atoms with van der Waals surface area (Å²) in [5.41, 5.74) is 0. The minimum atomic E-state index is -1.85. The minimum Gasteiger partial charge on any atom is -0.321 e. The van der Waals surface area contributed by atoms with Gasteiger partial charge in [-0.15, -0.1) is 0 Å². The van der Waals surface area contributed by atoms with E-state index in [1.165, 1.54) is 0 Å². The molecule has 30 heavy (non-hydrogen) atoms. The van der Waals surface area contributed by atoms with E-state index in [0.29, 0.717) is 0 Å². The minimum absolute atomic E-state index is 0.148. The van der Waals surface area contributed by atoms with Gasteiger partial charge >= 0.3 is 8.60 Å². The molecule has 174 valence electrons. The van der Waals surface area contributed by atoms with Crippen molar-refractivity contribution in [1.82, 2.24) is 9.34 Å². The van der Waals surface area contributed by atoms with E-state index in [1.807, 2.05) is 0 Å². The highest BCUT2D eigenvalue weighted by atomic mass is 35.7. The standard InChI is InChI=1S/C18H36ClN4O4P3/c1-15(2)22(16(3)4)28(19)26-30(25-14-10-12-21)27-29(24-13-9-11-20)23(17(5)6)18(7)8/h15-18H,9-10,13-14H2,1-8H3. The molecule has 0 amide bonds. The van der Waals surface area contributed by atoms with Crippen LogP contribution in [0.3, 0.4) is 0 Å². The van der Waals surface area contributed by atoms with Gasteiger partial charge in [-0.3, -0.25) is 4.31 Å². The lowest BCUT2D eigenvalue weighted by Gasteiger charge is -2.37. The molecule has 0 spiro atoms. The van der Waals surface area contributed by atoms with Crippen LogP contribution in [0.5, 0.6) is 0 Å².